The Morgan fingerprint density at radius 2 is 1.79 bits per heavy atom. The van der Waals surface area contributed by atoms with E-state index in [1.807, 2.05) is 30.3 Å². The van der Waals surface area contributed by atoms with Crippen molar-refractivity contribution < 1.29 is 4.79 Å². The molecule has 1 aromatic carbocycles. The van der Waals surface area contributed by atoms with Crippen molar-refractivity contribution in [3.05, 3.63) is 30.3 Å². The summed E-state index contributed by atoms with van der Waals surface area (Å²) in [5.74, 6) is 0.320. The second-order valence-corrected chi connectivity index (χ2v) is 4.79. The van der Waals surface area contributed by atoms with Gasteiger partial charge in [0.25, 0.3) is 0 Å². The fourth-order valence-electron chi connectivity index (χ4n) is 1.85. The van der Waals surface area contributed by atoms with Crippen LogP contribution in [0.15, 0.2) is 35.2 Å². The maximum atomic E-state index is 11.8. The molecule has 0 aliphatic heterocycles. The molecule has 74 valence electrons. The van der Waals surface area contributed by atoms with E-state index in [9.17, 15) is 4.79 Å². The molecule has 1 saturated carbocycles. The predicted molar refractivity (Wildman–Crippen MR) is 59.3 cm³/mol. The van der Waals surface area contributed by atoms with Gasteiger partial charge in [-0.3, -0.25) is 4.79 Å². The minimum atomic E-state index is 0.320. The summed E-state index contributed by atoms with van der Waals surface area (Å²) in [7, 11) is 0. The Bertz CT molecular complexity index is 301. The van der Waals surface area contributed by atoms with Gasteiger partial charge in [0.1, 0.15) is 0 Å². The van der Waals surface area contributed by atoms with Gasteiger partial charge in [0.2, 0.25) is 0 Å². The van der Waals surface area contributed by atoms with Crippen LogP contribution in [0.5, 0.6) is 0 Å². The van der Waals surface area contributed by atoms with Gasteiger partial charge in [-0.1, -0.05) is 42.8 Å². The van der Waals surface area contributed by atoms with Gasteiger partial charge >= 0.3 is 0 Å². The molecule has 0 heterocycles. The van der Waals surface area contributed by atoms with Gasteiger partial charge in [0, 0.05) is 10.8 Å². The van der Waals surface area contributed by atoms with Crippen molar-refractivity contribution in [2.45, 2.75) is 30.6 Å². The Balaban J connectivity index is 1.94. The van der Waals surface area contributed by atoms with Crippen molar-refractivity contribution in [1.29, 1.82) is 0 Å². The quantitative estimate of drug-likeness (QED) is 0.689. The SMILES string of the molecule is O=C(Sc1ccccc1)C1CCCC1. The average Bonchev–Trinajstić information content (AvgIpc) is 2.72. The lowest BCUT2D eigenvalue weighted by Gasteiger charge is -2.06. The molecule has 1 aliphatic carbocycles. The van der Waals surface area contributed by atoms with Crippen molar-refractivity contribution in [3.8, 4) is 0 Å². The summed E-state index contributed by atoms with van der Waals surface area (Å²) in [6.45, 7) is 0. The Labute approximate surface area is 88.9 Å². The fourth-order valence-corrected chi connectivity index (χ4v) is 2.78. The van der Waals surface area contributed by atoms with E-state index in [1.54, 1.807) is 0 Å². The third-order valence-corrected chi connectivity index (χ3v) is 3.69. The van der Waals surface area contributed by atoms with Crippen LogP contribution in [-0.2, 0) is 4.79 Å². The van der Waals surface area contributed by atoms with Gasteiger partial charge < -0.3 is 0 Å². The van der Waals surface area contributed by atoms with E-state index in [1.165, 1.54) is 24.6 Å². The predicted octanol–water partition coefficient (Wildman–Crippen LogP) is 3.50. The van der Waals surface area contributed by atoms with E-state index in [0.717, 1.165) is 17.7 Å². The van der Waals surface area contributed by atoms with Gasteiger partial charge in [0.05, 0.1) is 0 Å². The summed E-state index contributed by atoms with van der Waals surface area (Å²) in [4.78, 5) is 12.9. The number of hydrogen-bond acceptors (Lipinski definition) is 2. The van der Waals surface area contributed by atoms with Crippen LogP contribution in [0.2, 0.25) is 0 Å². The molecule has 0 N–H and O–H groups in total. The van der Waals surface area contributed by atoms with Gasteiger partial charge in [-0.2, -0.15) is 0 Å². The normalized spacial score (nSPS) is 17.1. The molecule has 0 bridgehead atoms. The molecule has 0 aromatic heterocycles. The highest BCUT2D eigenvalue weighted by atomic mass is 32.2. The lowest BCUT2D eigenvalue weighted by atomic mass is 10.1. The van der Waals surface area contributed by atoms with Gasteiger partial charge in [0.15, 0.2) is 5.12 Å². The summed E-state index contributed by atoms with van der Waals surface area (Å²) >= 11 is 1.40. The molecule has 0 saturated heterocycles. The average molecular weight is 206 g/mol. The van der Waals surface area contributed by atoms with Crippen molar-refractivity contribution >= 4 is 16.9 Å². The molecule has 0 spiro atoms. The topological polar surface area (TPSA) is 17.1 Å². The first-order chi connectivity index (χ1) is 6.86. The van der Waals surface area contributed by atoms with Crippen LogP contribution in [-0.4, -0.2) is 5.12 Å². The molecule has 0 radical (unpaired) electrons. The molecule has 1 nitrogen and oxygen atoms in total. The molecule has 0 atom stereocenters. The zero-order valence-electron chi connectivity index (χ0n) is 8.11. The summed E-state index contributed by atoms with van der Waals surface area (Å²) in [6, 6.07) is 9.92. The third kappa shape index (κ3) is 2.38. The summed E-state index contributed by atoms with van der Waals surface area (Å²) in [6.07, 6.45) is 4.65. The van der Waals surface area contributed by atoms with Crippen LogP contribution < -0.4 is 0 Å². The van der Waals surface area contributed by atoms with E-state index in [-0.39, 0.29) is 0 Å². The van der Waals surface area contributed by atoms with Crippen LogP contribution >= 0.6 is 11.8 Å². The summed E-state index contributed by atoms with van der Waals surface area (Å²) < 4.78 is 0. The highest BCUT2D eigenvalue weighted by molar-refractivity contribution is 8.13. The molecule has 14 heavy (non-hydrogen) atoms. The van der Waals surface area contributed by atoms with Crippen molar-refractivity contribution in [3.63, 3.8) is 0 Å². The third-order valence-electron chi connectivity index (χ3n) is 2.65. The zero-order valence-corrected chi connectivity index (χ0v) is 8.93. The second kappa shape index (κ2) is 4.65. The van der Waals surface area contributed by atoms with E-state index < -0.39 is 0 Å². The minimum absolute atomic E-state index is 0.320. The van der Waals surface area contributed by atoms with Crippen LogP contribution in [0.1, 0.15) is 25.7 Å². The molecule has 2 rings (SSSR count). The number of rotatable bonds is 2. The van der Waals surface area contributed by atoms with E-state index in [4.69, 9.17) is 0 Å². The maximum absolute atomic E-state index is 11.8. The Morgan fingerprint density at radius 1 is 1.14 bits per heavy atom. The molecular weight excluding hydrogens is 192 g/mol. The first kappa shape index (κ1) is 9.78. The zero-order chi connectivity index (χ0) is 9.80. The van der Waals surface area contributed by atoms with Crippen molar-refractivity contribution in [2.24, 2.45) is 5.92 Å². The summed E-state index contributed by atoms with van der Waals surface area (Å²) in [5, 5.41) is 0.355. The number of hydrogen-bond donors (Lipinski definition) is 0. The fraction of sp³-hybridized carbons (Fsp3) is 0.417. The molecular formula is C12H14OS. The number of thioether (sulfide) groups is 1. The molecule has 1 aromatic rings. The standard InChI is InChI=1S/C12H14OS/c13-12(10-6-4-5-7-10)14-11-8-2-1-3-9-11/h1-3,8-10H,4-7H2. The highest BCUT2D eigenvalue weighted by Crippen LogP contribution is 2.32. The van der Waals surface area contributed by atoms with E-state index in [2.05, 4.69) is 0 Å². The van der Waals surface area contributed by atoms with Crippen molar-refractivity contribution in [1.82, 2.24) is 0 Å². The lowest BCUT2D eigenvalue weighted by Crippen LogP contribution is -2.05. The smallest absolute Gasteiger partial charge is 0.196 e. The monoisotopic (exact) mass is 206 g/mol. The first-order valence-electron chi connectivity index (χ1n) is 5.13. The second-order valence-electron chi connectivity index (χ2n) is 3.72. The number of benzene rings is 1. The molecule has 0 unspecified atom stereocenters. The molecule has 1 aliphatic rings. The first-order valence-corrected chi connectivity index (χ1v) is 5.94. The molecule has 0 amide bonds. The van der Waals surface area contributed by atoms with Gasteiger partial charge in [-0.05, 0) is 25.0 Å². The van der Waals surface area contributed by atoms with Crippen LogP contribution in [0.4, 0.5) is 0 Å². The lowest BCUT2D eigenvalue weighted by molar-refractivity contribution is -0.114. The van der Waals surface area contributed by atoms with E-state index >= 15 is 0 Å². The van der Waals surface area contributed by atoms with Gasteiger partial charge in [-0.25, -0.2) is 0 Å². The number of carbonyl (C=O) groups is 1. The Hall–Kier alpha value is -0.760. The highest BCUT2D eigenvalue weighted by Gasteiger charge is 2.23. The summed E-state index contributed by atoms with van der Waals surface area (Å²) in [5.41, 5.74) is 0. The largest absolute Gasteiger partial charge is 0.287 e. The maximum Gasteiger partial charge on any atom is 0.196 e. The van der Waals surface area contributed by atoms with Crippen LogP contribution in [0.25, 0.3) is 0 Å². The Kier molecular flexibility index (Phi) is 3.25. The van der Waals surface area contributed by atoms with Crippen LogP contribution in [0.3, 0.4) is 0 Å². The van der Waals surface area contributed by atoms with Crippen LogP contribution in [0, 0.1) is 5.92 Å². The number of carbonyl (C=O) groups excluding carboxylic acids is 1. The molecule has 1 fully saturated rings. The molecule has 2 heteroatoms. The Morgan fingerprint density at radius 3 is 2.43 bits per heavy atom. The minimum Gasteiger partial charge on any atom is -0.287 e. The van der Waals surface area contributed by atoms with E-state index in [0.29, 0.717) is 11.0 Å². The van der Waals surface area contributed by atoms with Gasteiger partial charge in [-0.15, -0.1) is 0 Å². The van der Waals surface area contributed by atoms with Crippen molar-refractivity contribution in [2.75, 3.05) is 0 Å².